The van der Waals surface area contributed by atoms with Gasteiger partial charge in [0.1, 0.15) is 0 Å². The van der Waals surface area contributed by atoms with E-state index in [-0.39, 0.29) is 18.0 Å². The van der Waals surface area contributed by atoms with Crippen LogP contribution in [0.4, 0.5) is 10.5 Å². The molecule has 28 heavy (non-hydrogen) atoms. The lowest BCUT2D eigenvalue weighted by atomic mass is 10.1. The van der Waals surface area contributed by atoms with Crippen molar-refractivity contribution >= 4 is 17.6 Å². The van der Waals surface area contributed by atoms with Gasteiger partial charge in [0.15, 0.2) is 0 Å². The van der Waals surface area contributed by atoms with Crippen molar-refractivity contribution < 1.29 is 14.5 Å². The zero-order valence-corrected chi connectivity index (χ0v) is 17.4. The Morgan fingerprint density at radius 3 is 2.61 bits per heavy atom. The summed E-state index contributed by atoms with van der Waals surface area (Å²) in [6.07, 6.45) is 6.75. The first-order chi connectivity index (χ1) is 13.5. The van der Waals surface area contributed by atoms with Gasteiger partial charge in [-0.15, -0.1) is 0 Å². The van der Waals surface area contributed by atoms with Gasteiger partial charge in [0, 0.05) is 31.6 Å². The number of nitrogens with one attached hydrogen (secondary N) is 3. The molecule has 2 aliphatic rings. The first-order valence-corrected chi connectivity index (χ1v) is 10.8. The fraction of sp³-hybridized carbons (Fsp3) is 0.636. The Morgan fingerprint density at radius 2 is 1.89 bits per heavy atom. The van der Waals surface area contributed by atoms with Crippen molar-refractivity contribution in [1.29, 1.82) is 0 Å². The lowest BCUT2D eigenvalue weighted by Crippen LogP contribution is -3.11. The first-order valence-electron chi connectivity index (χ1n) is 10.8. The van der Waals surface area contributed by atoms with Crippen molar-refractivity contribution in [3.63, 3.8) is 0 Å². The van der Waals surface area contributed by atoms with Gasteiger partial charge < -0.3 is 20.4 Å². The molecule has 0 aliphatic carbocycles. The van der Waals surface area contributed by atoms with Crippen molar-refractivity contribution in [1.82, 2.24) is 10.6 Å². The topological polar surface area (TPSA) is 65.9 Å². The third kappa shape index (κ3) is 5.71. The van der Waals surface area contributed by atoms with Crippen molar-refractivity contribution in [3.8, 4) is 0 Å². The van der Waals surface area contributed by atoms with Crippen molar-refractivity contribution in [2.45, 2.75) is 58.4 Å². The molecule has 3 amide bonds. The summed E-state index contributed by atoms with van der Waals surface area (Å²) in [5, 5.41) is 5.92. The van der Waals surface area contributed by atoms with Gasteiger partial charge >= 0.3 is 6.03 Å². The molecule has 0 radical (unpaired) electrons. The number of carbonyl (C=O) groups is 2. The van der Waals surface area contributed by atoms with Gasteiger partial charge in [0.05, 0.1) is 25.7 Å². The maximum atomic E-state index is 12.4. The molecule has 3 rings (SSSR count). The molecule has 3 N–H and O–H groups in total. The normalized spacial score (nSPS) is 20.9. The molecule has 2 saturated heterocycles. The van der Waals surface area contributed by atoms with E-state index in [0.29, 0.717) is 19.5 Å². The molecule has 1 aromatic carbocycles. The molecule has 2 aliphatic heterocycles. The van der Waals surface area contributed by atoms with Crippen LogP contribution in [0.3, 0.4) is 0 Å². The monoisotopic (exact) mass is 387 g/mol. The molecule has 2 heterocycles. The molecule has 0 unspecified atom stereocenters. The molecule has 0 spiro atoms. The molecule has 1 atom stereocenters. The highest BCUT2D eigenvalue weighted by Gasteiger charge is 2.31. The van der Waals surface area contributed by atoms with Gasteiger partial charge in [0.25, 0.3) is 0 Å². The number of hydrogen-bond acceptors (Lipinski definition) is 2. The highest BCUT2D eigenvalue weighted by molar-refractivity contribution is 5.96. The Hall–Kier alpha value is -2.08. The second-order valence-electron chi connectivity index (χ2n) is 8.34. The Balaban J connectivity index is 1.38. The Labute approximate surface area is 168 Å². The number of amides is 3. The third-order valence-electron chi connectivity index (χ3n) is 6.07. The predicted octanol–water partition coefficient (Wildman–Crippen LogP) is 1.56. The van der Waals surface area contributed by atoms with Gasteiger partial charge in [-0.1, -0.05) is 6.07 Å². The summed E-state index contributed by atoms with van der Waals surface area (Å²) >= 11 is 0. The number of aryl methyl sites for hydroxylation is 2. The number of likely N-dealkylation sites (tertiary alicyclic amines) is 1. The molecule has 0 aromatic heterocycles. The molecular weight excluding hydrogens is 352 g/mol. The number of quaternary nitrogens is 1. The summed E-state index contributed by atoms with van der Waals surface area (Å²) in [6.45, 7) is 9.01. The fourth-order valence-electron chi connectivity index (χ4n) is 4.20. The van der Waals surface area contributed by atoms with Crippen LogP contribution in [-0.4, -0.2) is 50.7 Å². The SMILES string of the molecule is Cc1ccc(N2C[C@@H](NC(=O)NCCC[NH+]3CCCCCC3)CC2=O)cc1C. The van der Waals surface area contributed by atoms with E-state index in [2.05, 4.69) is 24.5 Å². The van der Waals surface area contributed by atoms with E-state index in [1.54, 1.807) is 9.80 Å². The summed E-state index contributed by atoms with van der Waals surface area (Å²) in [6, 6.07) is 5.77. The highest BCUT2D eigenvalue weighted by Crippen LogP contribution is 2.24. The van der Waals surface area contributed by atoms with Gasteiger partial charge in [-0.25, -0.2) is 4.79 Å². The predicted molar refractivity (Wildman–Crippen MR) is 112 cm³/mol. The van der Waals surface area contributed by atoms with Crippen LogP contribution < -0.4 is 20.4 Å². The van der Waals surface area contributed by atoms with E-state index in [9.17, 15) is 9.59 Å². The van der Waals surface area contributed by atoms with Crippen LogP contribution >= 0.6 is 0 Å². The maximum absolute atomic E-state index is 12.4. The molecule has 0 bridgehead atoms. The molecule has 6 heteroatoms. The van der Waals surface area contributed by atoms with Crippen molar-refractivity contribution in [2.75, 3.05) is 37.6 Å². The number of nitrogens with zero attached hydrogens (tertiary/aromatic N) is 1. The third-order valence-corrected chi connectivity index (χ3v) is 6.07. The number of urea groups is 1. The fourth-order valence-corrected chi connectivity index (χ4v) is 4.20. The molecule has 6 nitrogen and oxygen atoms in total. The average molecular weight is 388 g/mol. The minimum absolute atomic E-state index is 0.0679. The molecular formula is C22H35N4O2+. The quantitative estimate of drug-likeness (QED) is 0.649. The summed E-state index contributed by atoms with van der Waals surface area (Å²) in [5.41, 5.74) is 3.30. The highest BCUT2D eigenvalue weighted by atomic mass is 16.2. The van der Waals surface area contributed by atoms with Gasteiger partial charge in [-0.2, -0.15) is 0 Å². The van der Waals surface area contributed by atoms with Crippen LogP contribution in [0.15, 0.2) is 18.2 Å². The molecule has 0 saturated carbocycles. The zero-order chi connectivity index (χ0) is 19.9. The van der Waals surface area contributed by atoms with Gasteiger partial charge in [-0.3, -0.25) is 4.79 Å². The minimum Gasteiger partial charge on any atom is -0.338 e. The van der Waals surface area contributed by atoms with Crippen LogP contribution in [0.2, 0.25) is 0 Å². The van der Waals surface area contributed by atoms with Crippen LogP contribution in [0.25, 0.3) is 0 Å². The standard InChI is InChI=1S/C22H34N4O2/c1-17-8-9-20(14-18(17)2)26-16-19(15-21(26)27)24-22(28)23-10-7-13-25-11-5-3-4-6-12-25/h8-9,14,19H,3-7,10-13,15-16H2,1-2H3,(H2,23,24,28)/p+1/t19-/m0/s1. The summed E-state index contributed by atoms with van der Waals surface area (Å²) in [7, 11) is 0. The number of benzene rings is 1. The number of rotatable bonds is 6. The van der Waals surface area contributed by atoms with Crippen LogP contribution in [-0.2, 0) is 4.79 Å². The van der Waals surface area contributed by atoms with E-state index in [1.165, 1.54) is 49.9 Å². The summed E-state index contributed by atoms with van der Waals surface area (Å²) in [4.78, 5) is 28.0. The largest absolute Gasteiger partial charge is 0.338 e. The van der Waals surface area contributed by atoms with Gasteiger partial charge in [-0.05, 0) is 62.8 Å². The summed E-state index contributed by atoms with van der Waals surface area (Å²) in [5.74, 6) is 0.0679. The summed E-state index contributed by atoms with van der Waals surface area (Å²) < 4.78 is 0. The Bertz CT molecular complexity index is 683. The van der Waals surface area contributed by atoms with E-state index in [1.807, 2.05) is 18.2 Å². The van der Waals surface area contributed by atoms with Crippen LogP contribution in [0.5, 0.6) is 0 Å². The Morgan fingerprint density at radius 1 is 1.14 bits per heavy atom. The second kappa shape index (κ2) is 9.92. The van der Waals surface area contributed by atoms with E-state index >= 15 is 0 Å². The van der Waals surface area contributed by atoms with E-state index in [4.69, 9.17) is 0 Å². The van der Waals surface area contributed by atoms with Crippen molar-refractivity contribution in [3.05, 3.63) is 29.3 Å². The van der Waals surface area contributed by atoms with Crippen LogP contribution in [0, 0.1) is 13.8 Å². The lowest BCUT2D eigenvalue weighted by molar-refractivity contribution is -0.899. The lowest BCUT2D eigenvalue weighted by Gasteiger charge is -2.19. The second-order valence-corrected chi connectivity index (χ2v) is 8.34. The van der Waals surface area contributed by atoms with Gasteiger partial charge in [0.2, 0.25) is 5.91 Å². The molecule has 2 fully saturated rings. The minimum atomic E-state index is -0.161. The zero-order valence-electron chi connectivity index (χ0n) is 17.4. The molecule has 154 valence electrons. The van der Waals surface area contributed by atoms with Crippen LogP contribution in [0.1, 0.15) is 49.7 Å². The first kappa shape index (κ1) is 20.6. The van der Waals surface area contributed by atoms with E-state index < -0.39 is 0 Å². The number of carbonyl (C=O) groups excluding carboxylic acids is 2. The maximum Gasteiger partial charge on any atom is 0.315 e. The average Bonchev–Trinajstić information content (AvgIpc) is 2.86. The Kier molecular flexibility index (Phi) is 7.31. The number of hydrogen-bond donors (Lipinski definition) is 3. The molecule has 1 aromatic rings. The van der Waals surface area contributed by atoms with Crippen molar-refractivity contribution in [2.24, 2.45) is 0 Å². The smallest absolute Gasteiger partial charge is 0.315 e. The number of anilines is 1. The van der Waals surface area contributed by atoms with E-state index in [0.717, 1.165) is 18.7 Å².